The van der Waals surface area contributed by atoms with Gasteiger partial charge in [-0.3, -0.25) is 19.2 Å². The summed E-state index contributed by atoms with van der Waals surface area (Å²) in [5.41, 5.74) is 0.708. The molecule has 2 aliphatic carbocycles. The summed E-state index contributed by atoms with van der Waals surface area (Å²) in [6.07, 6.45) is 8.12. The minimum atomic E-state index is -0.239. The van der Waals surface area contributed by atoms with Crippen LogP contribution in [0.15, 0.2) is 71.9 Å². The molecule has 0 radical (unpaired) electrons. The zero-order valence-electron chi connectivity index (χ0n) is 19.3. The third-order valence-electron chi connectivity index (χ3n) is 4.37. The molecule has 0 saturated heterocycles. The molecule has 0 fully saturated rings. The van der Waals surface area contributed by atoms with Crippen molar-refractivity contribution in [2.75, 3.05) is 0 Å². The van der Waals surface area contributed by atoms with E-state index in [1.165, 1.54) is 60.7 Å². The van der Waals surface area contributed by atoms with Gasteiger partial charge >= 0.3 is 0 Å². The third kappa shape index (κ3) is 8.68. The SMILES string of the molecule is CC(C)(C)C1=CC(=O)C=CC1=O.CC(C)(C)C1=CC(=O)C=CC1=O.Oc1ccc(O)cc1. The Morgan fingerprint density at radius 1 is 0.531 bits per heavy atom. The van der Waals surface area contributed by atoms with E-state index in [9.17, 15) is 19.2 Å². The number of benzene rings is 1. The maximum absolute atomic E-state index is 11.3. The predicted molar refractivity (Wildman–Crippen MR) is 123 cm³/mol. The van der Waals surface area contributed by atoms with E-state index in [1.54, 1.807) is 0 Å². The standard InChI is InChI=1S/2C10H12O2.C6H6O2/c2*1-10(2,3)8-6-7(11)4-5-9(8)12;7-5-1-2-6(8)4-3-5/h2*4-6H,1-3H3;1-4,7-8H. The summed E-state index contributed by atoms with van der Waals surface area (Å²) in [4.78, 5) is 44.5. The first-order valence-electron chi connectivity index (χ1n) is 10.1. The second kappa shape index (κ2) is 10.7. The van der Waals surface area contributed by atoms with Crippen molar-refractivity contribution in [1.29, 1.82) is 0 Å². The van der Waals surface area contributed by atoms with Gasteiger partial charge in [0.05, 0.1) is 0 Å². The molecule has 0 spiro atoms. The van der Waals surface area contributed by atoms with Crippen molar-refractivity contribution in [3.63, 3.8) is 0 Å². The molecule has 1 aromatic carbocycles. The Labute approximate surface area is 188 Å². The molecule has 0 saturated carbocycles. The largest absolute Gasteiger partial charge is 0.508 e. The Bertz CT molecular complexity index is 921. The highest BCUT2D eigenvalue weighted by Gasteiger charge is 2.25. The van der Waals surface area contributed by atoms with Crippen molar-refractivity contribution in [2.45, 2.75) is 41.5 Å². The van der Waals surface area contributed by atoms with Crippen LogP contribution in [0.25, 0.3) is 0 Å². The number of carbonyl (C=O) groups is 4. The van der Waals surface area contributed by atoms with Gasteiger partial charge in [-0.15, -0.1) is 0 Å². The summed E-state index contributed by atoms with van der Waals surface area (Å²) in [6.45, 7) is 11.5. The number of rotatable bonds is 0. The molecule has 0 unspecified atom stereocenters. The van der Waals surface area contributed by atoms with E-state index >= 15 is 0 Å². The summed E-state index contributed by atoms with van der Waals surface area (Å²) in [7, 11) is 0. The average Bonchev–Trinajstić information content (AvgIpc) is 2.67. The van der Waals surface area contributed by atoms with Crippen LogP contribution >= 0.6 is 0 Å². The third-order valence-corrected chi connectivity index (χ3v) is 4.37. The lowest BCUT2D eigenvalue weighted by Crippen LogP contribution is -2.20. The number of allylic oxidation sites excluding steroid dienone is 8. The number of carbonyl (C=O) groups excluding carboxylic acids is 4. The molecule has 3 rings (SSSR count). The second-order valence-electron chi connectivity index (χ2n) is 9.33. The van der Waals surface area contributed by atoms with Crippen LogP contribution in [0.3, 0.4) is 0 Å². The van der Waals surface area contributed by atoms with E-state index in [-0.39, 0.29) is 45.5 Å². The summed E-state index contributed by atoms with van der Waals surface area (Å²) < 4.78 is 0. The highest BCUT2D eigenvalue weighted by molar-refractivity contribution is 6.18. The molecule has 0 bridgehead atoms. The van der Waals surface area contributed by atoms with Crippen LogP contribution in [0.1, 0.15) is 41.5 Å². The first-order chi connectivity index (χ1) is 14.6. The lowest BCUT2D eigenvalue weighted by atomic mass is 9.81. The molecular formula is C26H30O6. The fourth-order valence-electron chi connectivity index (χ4n) is 2.64. The zero-order valence-corrected chi connectivity index (χ0v) is 19.3. The highest BCUT2D eigenvalue weighted by Crippen LogP contribution is 2.28. The molecule has 0 aromatic heterocycles. The van der Waals surface area contributed by atoms with E-state index in [4.69, 9.17) is 10.2 Å². The summed E-state index contributed by atoms with van der Waals surface area (Å²) in [5.74, 6) is 0.0360. The van der Waals surface area contributed by atoms with Crippen molar-refractivity contribution in [1.82, 2.24) is 0 Å². The number of phenols is 2. The van der Waals surface area contributed by atoms with Crippen LogP contribution in [0, 0.1) is 10.8 Å². The smallest absolute Gasteiger partial charge is 0.182 e. The van der Waals surface area contributed by atoms with Crippen molar-refractivity contribution >= 4 is 23.1 Å². The number of hydrogen-bond donors (Lipinski definition) is 2. The van der Waals surface area contributed by atoms with Crippen LogP contribution < -0.4 is 0 Å². The molecular weight excluding hydrogens is 408 g/mol. The van der Waals surface area contributed by atoms with Gasteiger partial charge in [0, 0.05) is 11.1 Å². The molecule has 2 N–H and O–H groups in total. The fourth-order valence-corrected chi connectivity index (χ4v) is 2.64. The Morgan fingerprint density at radius 2 is 0.812 bits per heavy atom. The molecule has 0 amide bonds. The molecule has 0 aliphatic heterocycles. The quantitative estimate of drug-likeness (QED) is 0.458. The lowest BCUT2D eigenvalue weighted by molar-refractivity contribution is -0.115. The van der Waals surface area contributed by atoms with Crippen LogP contribution in [0.4, 0.5) is 0 Å². The number of hydrogen-bond acceptors (Lipinski definition) is 6. The van der Waals surface area contributed by atoms with E-state index in [0.29, 0.717) is 11.1 Å². The Kier molecular flexibility index (Phi) is 8.83. The lowest BCUT2D eigenvalue weighted by Gasteiger charge is -2.21. The topological polar surface area (TPSA) is 109 Å². The van der Waals surface area contributed by atoms with Crippen molar-refractivity contribution in [3.8, 4) is 11.5 Å². The normalized spacial score (nSPS) is 15.8. The molecule has 6 nitrogen and oxygen atoms in total. The first-order valence-corrected chi connectivity index (χ1v) is 10.1. The number of phenolic OH excluding ortho intramolecular Hbond substituents is 2. The fraction of sp³-hybridized carbons (Fsp3) is 0.308. The molecule has 6 heteroatoms. The maximum Gasteiger partial charge on any atom is 0.182 e. The maximum atomic E-state index is 11.3. The van der Waals surface area contributed by atoms with Gasteiger partial charge in [-0.25, -0.2) is 0 Å². The molecule has 2 aliphatic rings. The van der Waals surface area contributed by atoms with Crippen molar-refractivity contribution < 1.29 is 29.4 Å². The highest BCUT2D eigenvalue weighted by atomic mass is 16.3. The van der Waals surface area contributed by atoms with Crippen LogP contribution in [-0.2, 0) is 19.2 Å². The first kappa shape index (κ1) is 26.5. The summed E-state index contributed by atoms with van der Waals surface area (Å²) >= 11 is 0. The second-order valence-corrected chi connectivity index (χ2v) is 9.33. The number of aromatic hydroxyl groups is 2. The van der Waals surface area contributed by atoms with Gasteiger partial charge in [0.25, 0.3) is 0 Å². The van der Waals surface area contributed by atoms with Gasteiger partial charge in [0.2, 0.25) is 0 Å². The van der Waals surface area contributed by atoms with Crippen molar-refractivity contribution in [3.05, 3.63) is 71.9 Å². The Morgan fingerprint density at radius 3 is 1.03 bits per heavy atom. The molecule has 0 heterocycles. The number of ketones is 4. The minimum absolute atomic E-state index is 0.0536. The van der Waals surface area contributed by atoms with E-state index in [2.05, 4.69) is 0 Å². The minimum Gasteiger partial charge on any atom is -0.508 e. The predicted octanol–water partition coefficient (Wildman–Crippen LogP) is 4.43. The molecule has 0 atom stereocenters. The molecule has 170 valence electrons. The van der Waals surface area contributed by atoms with Gasteiger partial charge in [-0.05, 0) is 71.6 Å². The van der Waals surface area contributed by atoms with Crippen molar-refractivity contribution in [2.24, 2.45) is 10.8 Å². The van der Waals surface area contributed by atoms with E-state index < -0.39 is 0 Å². The summed E-state index contributed by atoms with van der Waals surface area (Å²) in [6, 6.07) is 5.70. The van der Waals surface area contributed by atoms with E-state index in [0.717, 1.165) is 0 Å². The van der Waals surface area contributed by atoms with Gasteiger partial charge in [-0.2, -0.15) is 0 Å². The van der Waals surface area contributed by atoms with Crippen LogP contribution in [0.5, 0.6) is 11.5 Å². The van der Waals surface area contributed by atoms with Crippen LogP contribution in [-0.4, -0.2) is 33.3 Å². The zero-order chi connectivity index (χ0) is 24.7. The van der Waals surface area contributed by atoms with Crippen LogP contribution in [0.2, 0.25) is 0 Å². The molecule has 1 aromatic rings. The Hall–Kier alpha value is -3.54. The Balaban J connectivity index is 0.000000245. The van der Waals surface area contributed by atoms with Gasteiger partial charge in [0.15, 0.2) is 23.1 Å². The average molecular weight is 439 g/mol. The molecule has 32 heavy (non-hydrogen) atoms. The summed E-state index contributed by atoms with van der Waals surface area (Å²) in [5, 5.41) is 17.3. The van der Waals surface area contributed by atoms with E-state index in [1.807, 2.05) is 41.5 Å². The van der Waals surface area contributed by atoms with Gasteiger partial charge < -0.3 is 10.2 Å². The monoisotopic (exact) mass is 438 g/mol. The van der Waals surface area contributed by atoms with Gasteiger partial charge in [0.1, 0.15) is 11.5 Å². The van der Waals surface area contributed by atoms with Gasteiger partial charge in [-0.1, -0.05) is 41.5 Å².